The maximum absolute atomic E-state index is 4.60. The van der Waals surface area contributed by atoms with Gasteiger partial charge in [-0.05, 0) is 24.0 Å². The minimum atomic E-state index is 0.789. The van der Waals surface area contributed by atoms with Crippen LogP contribution in [0.1, 0.15) is 18.3 Å². The topological polar surface area (TPSA) is 56.7 Å². The Balaban J connectivity index is 1.51. The number of nitrogens with zero attached hydrogens (tertiary/aromatic N) is 5. The van der Waals surface area contributed by atoms with Gasteiger partial charge < -0.3 is 15.1 Å². The largest absolute Gasteiger partial charge is 0.352 e. The number of rotatable bonds is 5. The molecule has 3 rings (SSSR count). The third kappa shape index (κ3) is 4.67. The number of aromatic nitrogens is 2. The number of aliphatic imine (C=N–C) groups is 1. The van der Waals surface area contributed by atoms with Crippen LogP contribution in [0, 0.1) is 0 Å². The Kier molecular flexibility index (Phi) is 6.73. The Morgan fingerprint density at radius 1 is 1.23 bits per heavy atom. The summed E-state index contributed by atoms with van der Waals surface area (Å²) in [6.07, 6.45) is 2.99. The normalized spacial score (nSPS) is 15.4. The number of anilines is 1. The Bertz CT molecular complexity index is 720. The van der Waals surface area contributed by atoms with Crippen molar-refractivity contribution >= 4 is 34.4 Å². The fraction of sp³-hybridized carbons (Fsp3) is 0.500. The molecule has 140 valence electrons. The quantitative estimate of drug-likeness (QED) is 0.481. The van der Waals surface area contributed by atoms with Gasteiger partial charge in [-0.1, -0.05) is 19.1 Å². The van der Waals surface area contributed by atoms with Crippen molar-refractivity contribution in [2.45, 2.75) is 24.8 Å². The minimum Gasteiger partial charge on any atom is -0.352 e. The summed E-state index contributed by atoms with van der Waals surface area (Å²) in [4.78, 5) is 15.0. The molecule has 2 heterocycles. The van der Waals surface area contributed by atoms with E-state index in [-0.39, 0.29) is 0 Å². The first-order valence-electron chi connectivity index (χ1n) is 8.89. The molecule has 0 spiro atoms. The lowest BCUT2D eigenvalue weighted by Crippen LogP contribution is -2.52. The fourth-order valence-corrected chi connectivity index (χ4v) is 4.09. The second-order valence-corrected chi connectivity index (χ2v) is 7.68. The number of piperazine rings is 1. The van der Waals surface area contributed by atoms with E-state index in [1.807, 2.05) is 7.05 Å². The summed E-state index contributed by atoms with van der Waals surface area (Å²) in [5.74, 6) is 1.91. The molecule has 0 atom stereocenters. The van der Waals surface area contributed by atoms with Gasteiger partial charge in [0, 0.05) is 62.6 Å². The zero-order valence-corrected chi connectivity index (χ0v) is 17.2. The van der Waals surface area contributed by atoms with Crippen LogP contribution >= 0.6 is 23.3 Å². The maximum atomic E-state index is 4.60. The Morgan fingerprint density at radius 3 is 2.54 bits per heavy atom. The van der Waals surface area contributed by atoms with Crippen LogP contribution in [0.4, 0.5) is 5.13 Å². The van der Waals surface area contributed by atoms with E-state index in [2.05, 4.69) is 66.9 Å². The van der Waals surface area contributed by atoms with Crippen molar-refractivity contribution < 1.29 is 0 Å². The van der Waals surface area contributed by atoms with Gasteiger partial charge in [-0.15, -0.1) is 11.8 Å². The molecule has 1 aliphatic rings. The molecule has 0 unspecified atom stereocenters. The predicted octanol–water partition coefficient (Wildman–Crippen LogP) is 2.72. The van der Waals surface area contributed by atoms with E-state index in [1.165, 1.54) is 22.0 Å². The molecular formula is C18H26N6S2. The van der Waals surface area contributed by atoms with Gasteiger partial charge >= 0.3 is 0 Å². The van der Waals surface area contributed by atoms with Crippen molar-refractivity contribution in [1.82, 2.24) is 19.6 Å². The average molecular weight is 391 g/mol. The van der Waals surface area contributed by atoms with Crippen LogP contribution in [-0.4, -0.2) is 59.7 Å². The number of benzene rings is 1. The van der Waals surface area contributed by atoms with Crippen LogP contribution in [0.5, 0.6) is 0 Å². The van der Waals surface area contributed by atoms with Crippen molar-refractivity contribution in [3.05, 3.63) is 35.7 Å². The molecule has 0 amide bonds. The van der Waals surface area contributed by atoms with E-state index in [0.29, 0.717) is 0 Å². The predicted molar refractivity (Wildman–Crippen MR) is 111 cm³/mol. The van der Waals surface area contributed by atoms with Gasteiger partial charge in [0.1, 0.15) is 5.82 Å². The van der Waals surface area contributed by atoms with E-state index in [9.17, 15) is 0 Å². The third-order valence-electron chi connectivity index (χ3n) is 4.44. The molecule has 1 aromatic carbocycles. The zero-order chi connectivity index (χ0) is 18.4. The van der Waals surface area contributed by atoms with Gasteiger partial charge in [-0.3, -0.25) is 4.99 Å². The number of nitrogens with one attached hydrogen (secondary N) is 1. The van der Waals surface area contributed by atoms with Crippen LogP contribution in [0.3, 0.4) is 0 Å². The van der Waals surface area contributed by atoms with Crippen molar-refractivity contribution in [2.75, 3.05) is 44.4 Å². The molecule has 1 fully saturated rings. The fourth-order valence-electron chi connectivity index (χ4n) is 2.88. The molecule has 1 saturated heterocycles. The zero-order valence-electron chi connectivity index (χ0n) is 15.6. The molecule has 2 aromatic rings. The van der Waals surface area contributed by atoms with E-state index < -0.39 is 0 Å². The molecule has 0 aliphatic carbocycles. The van der Waals surface area contributed by atoms with E-state index in [0.717, 1.165) is 56.1 Å². The molecule has 1 aromatic heterocycles. The Hall–Kier alpha value is -1.80. The summed E-state index contributed by atoms with van der Waals surface area (Å²) in [6, 6.07) is 8.67. The molecular weight excluding hydrogens is 364 g/mol. The first-order valence-corrected chi connectivity index (χ1v) is 10.9. The SMILES string of the molecule is CCc1nsc(N2CCN(C(=NC)NCc3ccc(SC)cc3)CC2)n1. The highest BCUT2D eigenvalue weighted by atomic mass is 32.2. The summed E-state index contributed by atoms with van der Waals surface area (Å²) < 4.78 is 4.39. The number of hydrogen-bond donors (Lipinski definition) is 1. The smallest absolute Gasteiger partial charge is 0.205 e. The third-order valence-corrected chi connectivity index (χ3v) is 6.00. The van der Waals surface area contributed by atoms with E-state index >= 15 is 0 Å². The lowest BCUT2D eigenvalue weighted by Gasteiger charge is -2.36. The van der Waals surface area contributed by atoms with Crippen LogP contribution in [0.2, 0.25) is 0 Å². The van der Waals surface area contributed by atoms with E-state index in [1.54, 1.807) is 11.8 Å². The number of guanidine groups is 1. The summed E-state index contributed by atoms with van der Waals surface area (Å²) >= 11 is 3.27. The van der Waals surface area contributed by atoms with Crippen LogP contribution in [0.25, 0.3) is 0 Å². The standard InChI is InChI=1S/C18H26N6S2/c1-4-16-21-18(26-22-16)24-11-9-23(10-12-24)17(19-2)20-13-14-5-7-15(25-3)8-6-14/h5-8H,4,9-13H2,1-3H3,(H,19,20). The van der Waals surface area contributed by atoms with Crippen molar-refractivity contribution in [3.63, 3.8) is 0 Å². The van der Waals surface area contributed by atoms with Crippen molar-refractivity contribution in [3.8, 4) is 0 Å². The van der Waals surface area contributed by atoms with Gasteiger partial charge in [0.25, 0.3) is 0 Å². The molecule has 0 bridgehead atoms. The maximum Gasteiger partial charge on any atom is 0.205 e. The van der Waals surface area contributed by atoms with Gasteiger partial charge in [0.15, 0.2) is 5.96 Å². The summed E-state index contributed by atoms with van der Waals surface area (Å²) in [7, 11) is 1.85. The van der Waals surface area contributed by atoms with Gasteiger partial charge in [0.2, 0.25) is 5.13 Å². The van der Waals surface area contributed by atoms with Crippen molar-refractivity contribution in [2.24, 2.45) is 4.99 Å². The average Bonchev–Trinajstić information content (AvgIpc) is 3.19. The molecule has 6 nitrogen and oxygen atoms in total. The summed E-state index contributed by atoms with van der Waals surface area (Å²) in [6.45, 7) is 6.65. The van der Waals surface area contributed by atoms with E-state index in [4.69, 9.17) is 0 Å². The summed E-state index contributed by atoms with van der Waals surface area (Å²) in [5.41, 5.74) is 1.27. The monoisotopic (exact) mass is 390 g/mol. The lowest BCUT2D eigenvalue weighted by molar-refractivity contribution is 0.372. The Morgan fingerprint density at radius 2 is 1.96 bits per heavy atom. The first kappa shape index (κ1) is 19.0. The molecule has 1 aliphatic heterocycles. The van der Waals surface area contributed by atoms with Crippen LogP contribution in [-0.2, 0) is 13.0 Å². The number of thioether (sulfide) groups is 1. The first-order chi connectivity index (χ1) is 12.7. The second kappa shape index (κ2) is 9.23. The van der Waals surface area contributed by atoms with Crippen LogP contribution < -0.4 is 10.2 Å². The molecule has 26 heavy (non-hydrogen) atoms. The van der Waals surface area contributed by atoms with Gasteiger partial charge in [0.05, 0.1) is 0 Å². The highest BCUT2D eigenvalue weighted by Gasteiger charge is 2.21. The highest BCUT2D eigenvalue weighted by Crippen LogP contribution is 2.19. The lowest BCUT2D eigenvalue weighted by atomic mass is 10.2. The Labute approximate surface area is 163 Å². The summed E-state index contributed by atoms with van der Waals surface area (Å²) in [5, 5.41) is 4.53. The van der Waals surface area contributed by atoms with Crippen LogP contribution in [0.15, 0.2) is 34.2 Å². The molecule has 8 heteroatoms. The van der Waals surface area contributed by atoms with Gasteiger partial charge in [-0.25, -0.2) is 4.98 Å². The molecule has 0 saturated carbocycles. The second-order valence-electron chi connectivity index (χ2n) is 6.07. The molecule has 0 radical (unpaired) electrons. The van der Waals surface area contributed by atoms with Crippen molar-refractivity contribution in [1.29, 1.82) is 0 Å². The number of hydrogen-bond acceptors (Lipinski definition) is 6. The minimum absolute atomic E-state index is 0.789. The highest BCUT2D eigenvalue weighted by molar-refractivity contribution is 7.98. The number of aryl methyl sites for hydroxylation is 1. The molecule has 1 N–H and O–H groups in total. The van der Waals surface area contributed by atoms with Gasteiger partial charge in [-0.2, -0.15) is 4.37 Å².